The topological polar surface area (TPSA) is 32.3 Å². The average Bonchev–Trinajstić information content (AvgIpc) is 2.39. The molecule has 0 aromatic heterocycles. The van der Waals surface area contributed by atoms with Gasteiger partial charge in [-0.15, -0.1) is 0 Å². The van der Waals surface area contributed by atoms with E-state index in [9.17, 15) is 4.79 Å². The van der Waals surface area contributed by atoms with Crippen molar-refractivity contribution in [3.05, 3.63) is 0 Å². The number of rotatable bonds is 8. The zero-order valence-electron chi connectivity index (χ0n) is 12.2. The molecule has 0 atom stereocenters. The van der Waals surface area contributed by atoms with Gasteiger partial charge in [0, 0.05) is 13.0 Å². The molecule has 106 valence electrons. The Morgan fingerprint density at radius 3 is 2.56 bits per heavy atom. The quantitative estimate of drug-likeness (QED) is 0.676. The zero-order valence-corrected chi connectivity index (χ0v) is 12.2. The van der Waals surface area contributed by atoms with Gasteiger partial charge < -0.3 is 10.2 Å². The third-order valence-corrected chi connectivity index (χ3v) is 3.98. The molecule has 1 aliphatic heterocycles. The van der Waals surface area contributed by atoms with E-state index in [1.165, 1.54) is 45.3 Å². The number of likely N-dealkylation sites (tertiary alicyclic amines) is 1. The van der Waals surface area contributed by atoms with E-state index in [-0.39, 0.29) is 5.91 Å². The Hall–Kier alpha value is -0.570. The molecule has 0 unspecified atom stereocenters. The fourth-order valence-electron chi connectivity index (χ4n) is 2.62. The molecule has 1 amide bonds. The van der Waals surface area contributed by atoms with E-state index in [0.29, 0.717) is 6.42 Å². The van der Waals surface area contributed by atoms with Gasteiger partial charge in [0.15, 0.2) is 0 Å². The highest BCUT2D eigenvalue weighted by Crippen LogP contribution is 2.19. The molecule has 0 aromatic rings. The highest BCUT2D eigenvalue weighted by molar-refractivity contribution is 5.75. The van der Waals surface area contributed by atoms with Gasteiger partial charge in [0.25, 0.3) is 0 Å². The van der Waals surface area contributed by atoms with E-state index >= 15 is 0 Å². The maximum atomic E-state index is 11.3. The first kappa shape index (κ1) is 15.5. The van der Waals surface area contributed by atoms with E-state index in [2.05, 4.69) is 17.1 Å². The highest BCUT2D eigenvalue weighted by atomic mass is 16.1. The summed E-state index contributed by atoms with van der Waals surface area (Å²) >= 11 is 0. The van der Waals surface area contributed by atoms with Crippen molar-refractivity contribution in [2.45, 2.75) is 58.8 Å². The molecule has 0 spiro atoms. The number of piperidine rings is 1. The third kappa shape index (κ3) is 6.39. The molecule has 1 saturated heterocycles. The minimum atomic E-state index is 0.210. The molecule has 0 aromatic carbocycles. The number of unbranched alkanes of at least 4 members (excludes halogenated alkanes) is 1. The van der Waals surface area contributed by atoms with Crippen LogP contribution < -0.4 is 5.32 Å². The highest BCUT2D eigenvalue weighted by Gasteiger charge is 2.16. The molecule has 0 radical (unpaired) electrons. The smallest absolute Gasteiger partial charge is 0.219 e. The number of amides is 1. The van der Waals surface area contributed by atoms with Crippen molar-refractivity contribution in [2.75, 3.05) is 26.2 Å². The van der Waals surface area contributed by atoms with Crippen molar-refractivity contribution < 1.29 is 4.79 Å². The molecule has 3 heteroatoms. The molecule has 0 bridgehead atoms. The summed E-state index contributed by atoms with van der Waals surface area (Å²) in [5, 5.41) is 2.98. The summed E-state index contributed by atoms with van der Waals surface area (Å²) in [6.07, 6.45) is 8.04. The number of hydrogen-bond donors (Lipinski definition) is 1. The van der Waals surface area contributed by atoms with Crippen molar-refractivity contribution in [1.82, 2.24) is 10.2 Å². The standard InChI is InChI=1S/C15H30N2O/c1-3-7-15(18)16-10-5-6-11-17-12-8-14(4-2)9-13-17/h14H,3-13H2,1-2H3,(H,16,18). The lowest BCUT2D eigenvalue weighted by Gasteiger charge is -2.31. The van der Waals surface area contributed by atoms with E-state index in [1.54, 1.807) is 0 Å². The lowest BCUT2D eigenvalue weighted by Crippen LogP contribution is -2.34. The van der Waals surface area contributed by atoms with Crippen LogP contribution >= 0.6 is 0 Å². The molecule has 1 N–H and O–H groups in total. The molecule has 3 nitrogen and oxygen atoms in total. The van der Waals surface area contributed by atoms with E-state index in [4.69, 9.17) is 0 Å². The lowest BCUT2D eigenvalue weighted by molar-refractivity contribution is -0.121. The molecule has 1 aliphatic rings. The van der Waals surface area contributed by atoms with Gasteiger partial charge in [-0.05, 0) is 57.7 Å². The van der Waals surface area contributed by atoms with Crippen LogP contribution in [-0.4, -0.2) is 37.0 Å². The van der Waals surface area contributed by atoms with E-state index in [0.717, 1.165) is 25.3 Å². The third-order valence-electron chi connectivity index (χ3n) is 3.98. The van der Waals surface area contributed by atoms with Gasteiger partial charge in [-0.2, -0.15) is 0 Å². The predicted molar refractivity (Wildman–Crippen MR) is 76.6 cm³/mol. The minimum Gasteiger partial charge on any atom is -0.356 e. The molecule has 0 saturated carbocycles. The fraction of sp³-hybridized carbons (Fsp3) is 0.933. The summed E-state index contributed by atoms with van der Waals surface area (Å²) in [7, 11) is 0. The van der Waals surface area contributed by atoms with Gasteiger partial charge in [-0.3, -0.25) is 4.79 Å². The molecule has 0 aliphatic carbocycles. The largest absolute Gasteiger partial charge is 0.356 e. The van der Waals surface area contributed by atoms with Crippen molar-refractivity contribution in [2.24, 2.45) is 5.92 Å². The Balaban J connectivity index is 1.94. The number of carbonyl (C=O) groups is 1. The minimum absolute atomic E-state index is 0.210. The summed E-state index contributed by atoms with van der Waals surface area (Å²) < 4.78 is 0. The first-order valence-corrected chi connectivity index (χ1v) is 7.75. The van der Waals surface area contributed by atoms with E-state index in [1.807, 2.05) is 6.92 Å². The normalized spacial score (nSPS) is 17.9. The molecule has 18 heavy (non-hydrogen) atoms. The van der Waals surface area contributed by atoms with Gasteiger partial charge in [-0.25, -0.2) is 0 Å². The van der Waals surface area contributed by atoms with Gasteiger partial charge in [0.2, 0.25) is 5.91 Å². The Labute approximate surface area is 112 Å². The molecular weight excluding hydrogens is 224 g/mol. The molecule has 1 fully saturated rings. The SMILES string of the molecule is CCCC(=O)NCCCCN1CCC(CC)CC1. The molecule has 1 heterocycles. The monoisotopic (exact) mass is 254 g/mol. The second-order valence-electron chi connectivity index (χ2n) is 5.50. The summed E-state index contributed by atoms with van der Waals surface area (Å²) in [6, 6.07) is 0. The Morgan fingerprint density at radius 1 is 1.22 bits per heavy atom. The second kappa shape index (κ2) is 9.37. The predicted octanol–water partition coefficient (Wildman–Crippen LogP) is 2.80. The molecular formula is C15H30N2O. The van der Waals surface area contributed by atoms with Gasteiger partial charge >= 0.3 is 0 Å². The van der Waals surface area contributed by atoms with Crippen LogP contribution in [0.15, 0.2) is 0 Å². The van der Waals surface area contributed by atoms with Crippen LogP contribution in [0.25, 0.3) is 0 Å². The van der Waals surface area contributed by atoms with Crippen LogP contribution in [0.1, 0.15) is 58.8 Å². The van der Waals surface area contributed by atoms with Crippen LogP contribution in [0.5, 0.6) is 0 Å². The summed E-state index contributed by atoms with van der Waals surface area (Å²) in [5.74, 6) is 1.18. The number of hydrogen-bond acceptors (Lipinski definition) is 2. The molecule has 1 rings (SSSR count). The van der Waals surface area contributed by atoms with Crippen LogP contribution in [0.3, 0.4) is 0 Å². The maximum Gasteiger partial charge on any atom is 0.219 e. The van der Waals surface area contributed by atoms with Crippen LogP contribution in [0.4, 0.5) is 0 Å². The van der Waals surface area contributed by atoms with Crippen LogP contribution in [0, 0.1) is 5.92 Å². The summed E-state index contributed by atoms with van der Waals surface area (Å²) in [5.41, 5.74) is 0. The van der Waals surface area contributed by atoms with Gasteiger partial charge in [-0.1, -0.05) is 20.3 Å². The van der Waals surface area contributed by atoms with Crippen molar-refractivity contribution in [3.8, 4) is 0 Å². The van der Waals surface area contributed by atoms with E-state index < -0.39 is 0 Å². The lowest BCUT2D eigenvalue weighted by atomic mass is 9.94. The van der Waals surface area contributed by atoms with Crippen molar-refractivity contribution in [1.29, 1.82) is 0 Å². The van der Waals surface area contributed by atoms with Crippen molar-refractivity contribution in [3.63, 3.8) is 0 Å². The summed E-state index contributed by atoms with van der Waals surface area (Å²) in [6.45, 7) is 8.96. The van der Waals surface area contributed by atoms with Crippen LogP contribution in [-0.2, 0) is 4.79 Å². The maximum absolute atomic E-state index is 11.3. The van der Waals surface area contributed by atoms with Gasteiger partial charge in [0.1, 0.15) is 0 Å². The van der Waals surface area contributed by atoms with Crippen LogP contribution in [0.2, 0.25) is 0 Å². The number of carbonyl (C=O) groups excluding carboxylic acids is 1. The Kier molecular flexibility index (Phi) is 8.06. The van der Waals surface area contributed by atoms with Gasteiger partial charge in [0.05, 0.1) is 0 Å². The first-order valence-electron chi connectivity index (χ1n) is 7.75. The number of nitrogens with zero attached hydrogens (tertiary/aromatic N) is 1. The Morgan fingerprint density at radius 2 is 1.94 bits per heavy atom. The zero-order chi connectivity index (χ0) is 13.2. The fourth-order valence-corrected chi connectivity index (χ4v) is 2.62. The average molecular weight is 254 g/mol. The first-order chi connectivity index (χ1) is 8.76. The second-order valence-corrected chi connectivity index (χ2v) is 5.50. The summed E-state index contributed by atoms with van der Waals surface area (Å²) in [4.78, 5) is 13.8. The number of nitrogens with one attached hydrogen (secondary N) is 1. The Bertz CT molecular complexity index is 223. The van der Waals surface area contributed by atoms with Crippen molar-refractivity contribution >= 4 is 5.91 Å².